The number of aromatic nitrogens is 1. The normalized spacial score (nSPS) is 10.9. The van der Waals surface area contributed by atoms with Crippen LogP contribution < -0.4 is 16.0 Å². The Balaban J connectivity index is 0.00000392. The molecular weight excluding hydrogens is 509 g/mol. The Morgan fingerprint density at radius 2 is 2.04 bits per heavy atom. The largest absolute Gasteiger partial charge is 0.356 e. The molecule has 0 unspecified atom stereocenters. The van der Waals surface area contributed by atoms with Gasteiger partial charge in [-0.15, -0.1) is 35.3 Å². The lowest BCUT2D eigenvalue weighted by atomic mass is 10.2. The van der Waals surface area contributed by atoms with Crippen LogP contribution in [0.2, 0.25) is 5.02 Å². The number of hydrogen-bond acceptors (Lipinski definition) is 4. The van der Waals surface area contributed by atoms with Gasteiger partial charge in [0.05, 0.1) is 15.7 Å². The number of aliphatic imine (C=N–C) groups is 1. The molecule has 6 nitrogen and oxygen atoms in total. The van der Waals surface area contributed by atoms with E-state index < -0.39 is 0 Å². The Hall–Kier alpha value is -1.39. The summed E-state index contributed by atoms with van der Waals surface area (Å²) in [4.78, 5) is 21.9. The minimum atomic E-state index is -0.0985. The SMILES string of the molecule is CCc1cnc(CCNC(=NC)NCCC(=O)Nc2ccc(C)cc2Cl)s1.I. The molecule has 0 saturated heterocycles. The molecule has 0 atom stereocenters. The molecule has 0 radical (unpaired) electrons. The first-order valence-corrected chi connectivity index (χ1v) is 10.2. The lowest BCUT2D eigenvalue weighted by Crippen LogP contribution is -2.39. The van der Waals surface area contributed by atoms with Gasteiger partial charge in [0.1, 0.15) is 0 Å². The fourth-order valence-corrected chi connectivity index (χ4v) is 3.51. The molecule has 1 amide bonds. The highest BCUT2D eigenvalue weighted by Crippen LogP contribution is 2.22. The van der Waals surface area contributed by atoms with Gasteiger partial charge in [-0.05, 0) is 31.0 Å². The monoisotopic (exact) mass is 535 g/mol. The number of carbonyl (C=O) groups is 1. The number of guanidine groups is 1. The van der Waals surface area contributed by atoms with Crippen LogP contribution in [0, 0.1) is 6.92 Å². The number of halogens is 2. The summed E-state index contributed by atoms with van der Waals surface area (Å²) >= 11 is 7.88. The molecule has 2 aromatic rings. The molecule has 0 aliphatic rings. The van der Waals surface area contributed by atoms with E-state index in [2.05, 4.69) is 32.9 Å². The van der Waals surface area contributed by atoms with Gasteiger partial charge in [-0.3, -0.25) is 9.79 Å². The fourth-order valence-electron chi connectivity index (χ4n) is 2.36. The summed E-state index contributed by atoms with van der Waals surface area (Å²) in [5.41, 5.74) is 1.68. The van der Waals surface area contributed by atoms with Crippen LogP contribution in [0.15, 0.2) is 29.4 Å². The summed E-state index contributed by atoms with van der Waals surface area (Å²) in [5.74, 6) is 0.571. The van der Waals surface area contributed by atoms with Crippen molar-refractivity contribution in [2.24, 2.45) is 4.99 Å². The van der Waals surface area contributed by atoms with E-state index in [9.17, 15) is 4.79 Å². The number of amides is 1. The van der Waals surface area contributed by atoms with Crippen LogP contribution in [-0.2, 0) is 17.6 Å². The molecule has 1 aromatic heterocycles. The third-order valence-corrected chi connectivity index (χ3v) is 5.36. The van der Waals surface area contributed by atoms with Crippen molar-refractivity contribution < 1.29 is 4.79 Å². The van der Waals surface area contributed by atoms with Crippen molar-refractivity contribution in [2.45, 2.75) is 33.1 Å². The molecule has 1 heterocycles. The van der Waals surface area contributed by atoms with Crippen molar-refractivity contribution in [3.63, 3.8) is 0 Å². The van der Waals surface area contributed by atoms with Gasteiger partial charge in [0.2, 0.25) is 5.91 Å². The van der Waals surface area contributed by atoms with Gasteiger partial charge in [0.25, 0.3) is 0 Å². The third kappa shape index (κ3) is 8.32. The molecule has 0 aliphatic carbocycles. The van der Waals surface area contributed by atoms with Crippen molar-refractivity contribution in [2.75, 3.05) is 25.5 Å². The molecule has 3 N–H and O–H groups in total. The predicted octanol–water partition coefficient (Wildman–Crippen LogP) is 4.02. The summed E-state index contributed by atoms with van der Waals surface area (Å²) in [5, 5.41) is 10.9. The van der Waals surface area contributed by atoms with E-state index in [-0.39, 0.29) is 29.9 Å². The highest BCUT2D eigenvalue weighted by atomic mass is 127. The maximum absolute atomic E-state index is 12.1. The number of rotatable bonds is 8. The minimum Gasteiger partial charge on any atom is -0.356 e. The molecular formula is C19H27ClIN5OS. The van der Waals surface area contributed by atoms with E-state index in [1.807, 2.05) is 31.3 Å². The first-order chi connectivity index (χ1) is 13.0. The number of nitrogens with one attached hydrogen (secondary N) is 3. The van der Waals surface area contributed by atoms with Crippen LogP contribution in [0.5, 0.6) is 0 Å². The standard InChI is InChI=1S/C19H26ClN5OS.HI/c1-4-14-12-24-18(27-14)8-10-23-19(21-3)22-9-7-17(26)25-16-6-5-13(2)11-15(16)20;/h5-6,11-12H,4,7-10H2,1-3H3,(H,25,26)(H2,21,22,23);1H. The Morgan fingerprint density at radius 1 is 1.29 bits per heavy atom. The Morgan fingerprint density at radius 3 is 2.68 bits per heavy atom. The van der Waals surface area contributed by atoms with Gasteiger partial charge >= 0.3 is 0 Å². The number of benzene rings is 1. The Kier molecular flexibility index (Phi) is 11.4. The van der Waals surface area contributed by atoms with Gasteiger partial charge in [-0.25, -0.2) is 4.98 Å². The topological polar surface area (TPSA) is 78.4 Å². The molecule has 28 heavy (non-hydrogen) atoms. The summed E-state index contributed by atoms with van der Waals surface area (Å²) in [6.45, 7) is 5.30. The van der Waals surface area contributed by atoms with Crippen LogP contribution in [0.4, 0.5) is 5.69 Å². The van der Waals surface area contributed by atoms with Crippen molar-refractivity contribution in [1.29, 1.82) is 0 Å². The van der Waals surface area contributed by atoms with Gasteiger partial charge in [-0.2, -0.15) is 0 Å². The van der Waals surface area contributed by atoms with Crippen molar-refractivity contribution >= 4 is 64.5 Å². The van der Waals surface area contributed by atoms with E-state index in [0.717, 1.165) is 30.0 Å². The molecule has 154 valence electrons. The lowest BCUT2D eigenvalue weighted by molar-refractivity contribution is -0.116. The second kappa shape index (κ2) is 12.9. The molecule has 0 bridgehead atoms. The number of aryl methyl sites for hydroxylation is 2. The van der Waals surface area contributed by atoms with Crippen molar-refractivity contribution in [3.8, 4) is 0 Å². The van der Waals surface area contributed by atoms with Gasteiger partial charge in [-0.1, -0.05) is 24.6 Å². The van der Waals surface area contributed by atoms with E-state index in [0.29, 0.717) is 29.6 Å². The average Bonchev–Trinajstić information content (AvgIpc) is 3.11. The Labute approximate surface area is 192 Å². The summed E-state index contributed by atoms with van der Waals surface area (Å²) < 4.78 is 0. The zero-order chi connectivity index (χ0) is 19.6. The quantitative estimate of drug-likeness (QED) is 0.271. The minimum absolute atomic E-state index is 0. The predicted molar refractivity (Wildman–Crippen MR) is 129 cm³/mol. The molecule has 2 rings (SSSR count). The Bertz CT molecular complexity index is 796. The summed E-state index contributed by atoms with van der Waals surface area (Å²) in [7, 11) is 1.71. The second-order valence-corrected chi connectivity index (χ2v) is 7.64. The number of thiazole rings is 1. The summed E-state index contributed by atoms with van der Waals surface area (Å²) in [6, 6.07) is 5.55. The average molecular weight is 536 g/mol. The van der Waals surface area contributed by atoms with E-state index in [4.69, 9.17) is 11.6 Å². The van der Waals surface area contributed by atoms with E-state index in [1.54, 1.807) is 18.4 Å². The zero-order valence-corrected chi connectivity index (χ0v) is 20.2. The third-order valence-electron chi connectivity index (χ3n) is 3.85. The fraction of sp³-hybridized carbons (Fsp3) is 0.421. The number of carbonyl (C=O) groups excluding carboxylic acids is 1. The van der Waals surface area contributed by atoms with Crippen LogP contribution in [0.1, 0.15) is 28.8 Å². The molecule has 0 spiro atoms. The highest BCUT2D eigenvalue weighted by molar-refractivity contribution is 14.0. The van der Waals surface area contributed by atoms with Crippen LogP contribution in [0.3, 0.4) is 0 Å². The summed E-state index contributed by atoms with van der Waals surface area (Å²) in [6.07, 6.45) is 4.12. The maximum Gasteiger partial charge on any atom is 0.226 e. The van der Waals surface area contributed by atoms with Crippen LogP contribution in [-0.4, -0.2) is 37.0 Å². The molecule has 9 heteroatoms. The first kappa shape index (κ1) is 24.6. The van der Waals surface area contributed by atoms with Gasteiger partial charge < -0.3 is 16.0 Å². The van der Waals surface area contributed by atoms with Gasteiger partial charge in [0.15, 0.2) is 5.96 Å². The first-order valence-electron chi connectivity index (χ1n) is 8.96. The lowest BCUT2D eigenvalue weighted by Gasteiger charge is -2.12. The molecule has 0 fully saturated rings. The van der Waals surface area contributed by atoms with Crippen LogP contribution in [0.25, 0.3) is 0 Å². The molecule has 0 aliphatic heterocycles. The van der Waals surface area contributed by atoms with E-state index >= 15 is 0 Å². The van der Waals surface area contributed by atoms with E-state index in [1.165, 1.54) is 4.88 Å². The second-order valence-electron chi connectivity index (χ2n) is 6.03. The smallest absolute Gasteiger partial charge is 0.226 e. The number of anilines is 1. The van der Waals surface area contributed by atoms with Crippen LogP contribution >= 0.6 is 46.9 Å². The number of hydrogen-bond donors (Lipinski definition) is 3. The van der Waals surface area contributed by atoms with Crippen molar-refractivity contribution in [1.82, 2.24) is 15.6 Å². The zero-order valence-electron chi connectivity index (χ0n) is 16.3. The number of nitrogens with zero attached hydrogens (tertiary/aromatic N) is 2. The maximum atomic E-state index is 12.1. The van der Waals surface area contributed by atoms with Crippen molar-refractivity contribution in [3.05, 3.63) is 44.9 Å². The molecule has 0 saturated carbocycles. The highest BCUT2D eigenvalue weighted by Gasteiger charge is 2.07. The van der Waals surface area contributed by atoms with Gasteiger partial charge in [0, 0.05) is 44.1 Å². The molecule has 1 aromatic carbocycles.